The van der Waals surface area contributed by atoms with Crippen LogP contribution in [0, 0.1) is 5.92 Å². The van der Waals surface area contributed by atoms with Gasteiger partial charge in [-0.05, 0) is 44.4 Å². The quantitative estimate of drug-likeness (QED) is 0.783. The molecule has 3 heteroatoms. The Kier molecular flexibility index (Phi) is 3.83. The van der Waals surface area contributed by atoms with Crippen molar-refractivity contribution in [3.63, 3.8) is 0 Å². The van der Waals surface area contributed by atoms with E-state index in [-0.39, 0.29) is 17.4 Å². The lowest BCUT2D eigenvalue weighted by molar-refractivity contribution is -0.146. The van der Waals surface area contributed by atoms with E-state index in [2.05, 4.69) is 49.9 Å². The van der Waals surface area contributed by atoms with Gasteiger partial charge in [-0.15, -0.1) is 0 Å². The van der Waals surface area contributed by atoms with Crippen LogP contribution in [0.15, 0.2) is 24.3 Å². The van der Waals surface area contributed by atoms with Gasteiger partial charge in [-0.3, -0.25) is 4.79 Å². The van der Waals surface area contributed by atoms with Crippen LogP contribution in [-0.4, -0.2) is 25.2 Å². The Morgan fingerprint density at radius 1 is 1.37 bits per heavy atom. The molecular weight excluding hydrogens is 238 g/mol. The molecule has 1 fully saturated rings. The Morgan fingerprint density at radius 3 is 2.53 bits per heavy atom. The van der Waals surface area contributed by atoms with E-state index in [0.29, 0.717) is 0 Å². The molecule has 0 bridgehead atoms. The van der Waals surface area contributed by atoms with Crippen molar-refractivity contribution in [2.45, 2.75) is 39.2 Å². The summed E-state index contributed by atoms with van der Waals surface area (Å²) in [6.45, 7) is 7.30. The van der Waals surface area contributed by atoms with Gasteiger partial charge in [0.25, 0.3) is 0 Å². The van der Waals surface area contributed by atoms with Gasteiger partial charge in [-0.25, -0.2) is 0 Å². The Bertz CT molecular complexity index is 450. The van der Waals surface area contributed by atoms with Crippen LogP contribution in [0.2, 0.25) is 0 Å². The summed E-state index contributed by atoms with van der Waals surface area (Å²) in [5, 5.41) is 0. The number of esters is 1. The largest absolute Gasteiger partial charge is 0.469 e. The van der Waals surface area contributed by atoms with Crippen molar-refractivity contribution < 1.29 is 9.53 Å². The molecule has 1 saturated heterocycles. The SMILES string of the molecule is CCc1ccc(N2CCC(C(=O)OC)C2(C)C)cc1. The topological polar surface area (TPSA) is 29.5 Å². The van der Waals surface area contributed by atoms with Gasteiger partial charge in [-0.2, -0.15) is 0 Å². The minimum absolute atomic E-state index is 0.0525. The van der Waals surface area contributed by atoms with Crippen LogP contribution in [0.4, 0.5) is 5.69 Å². The van der Waals surface area contributed by atoms with Crippen LogP contribution in [0.5, 0.6) is 0 Å². The Labute approximate surface area is 115 Å². The maximum atomic E-state index is 11.9. The predicted octanol–water partition coefficient (Wildman–Crippen LogP) is 3.03. The summed E-state index contributed by atoms with van der Waals surface area (Å²) >= 11 is 0. The second-order valence-electron chi connectivity index (χ2n) is 5.69. The van der Waals surface area contributed by atoms with E-state index < -0.39 is 0 Å². The summed E-state index contributed by atoms with van der Waals surface area (Å²) in [5.41, 5.74) is 2.33. The Morgan fingerprint density at radius 2 is 2.00 bits per heavy atom. The third-order valence-electron chi connectivity index (χ3n) is 4.33. The van der Waals surface area contributed by atoms with Gasteiger partial charge in [0.15, 0.2) is 0 Å². The molecule has 0 spiro atoms. The van der Waals surface area contributed by atoms with Crippen LogP contribution < -0.4 is 4.90 Å². The molecule has 0 saturated carbocycles. The molecule has 0 amide bonds. The van der Waals surface area contributed by atoms with Crippen molar-refractivity contribution >= 4 is 11.7 Å². The minimum atomic E-state index is -0.194. The van der Waals surface area contributed by atoms with Gasteiger partial charge in [0.2, 0.25) is 0 Å². The van der Waals surface area contributed by atoms with Crippen LogP contribution >= 0.6 is 0 Å². The van der Waals surface area contributed by atoms with Gasteiger partial charge in [-0.1, -0.05) is 19.1 Å². The number of anilines is 1. The summed E-state index contributed by atoms with van der Waals surface area (Å²) in [4.78, 5) is 14.2. The molecule has 19 heavy (non-hydrogen) atoms. The summed E-state index contributed by atoms with van der Waals surface area (Å²) in [6, 6.07) is 8.63. The lowest BCUT2D eigenvalue weighted by Crippen LogP contribution is -2.45. The van der Waals surface area contributed by atoms with Crippen molar-refractivity contribution in [1.29, 1.82) is 0 Å². The summed E-state index contributed by atoms with van der Waals surface area (Å²) < 4.78 is 4.92. The van der Waals surface area contributed by atoms with E-state index in [9.17, 15) is 4.79 Å². The maximum Gasteiger partial charge on any atom is 0.311 e. The third kappa shape index (κ3) is 2.46. The zero-order valence-electron chi connectivity index (χ0n) is 12.3. The first-order chi connectivity index (χ1) is 9.00. The molecule has 0 radical (unpaired) electrons. The van der Waals surface area contributed by atoms with Crippen molar-refractivity contribution in [2.75, 3.05) is 18.6 Å². The number of hydrogen-bond donors (Lipinski definition) is 0. The van der Waals surface area contributed by atoms with Crippen molar-refractivity contribution in [2.24, 2.45) is 5.92 Å². The molecule has 1 aliphatic rings. The first-order valence-corrected chi connectivity index (χ1v) is 6.95. The number of ether oxygens (including phenoxy) is 1. The van der Waals surface area contributed by atoms with Gasteiger partial charge in [0.1, 0.15) is 0 Å². The average Bonchev–Trinajstić information content (AvgIpc) is 2.73. The van der Waals surface area contributed by atoms with Crippen molar-refractivity contribution in [1.82, 2.24) is 0 Å². The molecule has 1 aromatic rings. The van der Waals surface area contributed by atoms with Gasteiger partial charge < -0.3 is 9.64 Å². The van der Waals surface area contributed by atoms with Crippen LogP contribution in [0.3, 0.4) is 0 Å². The van der Waals surface area contributed by atoms with E-state index >= 15 is 0 Å². The molecule has 1 atom stereocenters. The van der Waals surface area contributed by atoms with Crippen LogP contribution in [0.1, 0.15) is 32.8 Å². The molecular formula is C16H23NO2. The molecule has 0 aromatic heterocycles. The van der Waals surface area contributed by atoms with Crippen molar-refractivity contribution in [3.05, 3.63) is 29.8 Å². The third-order valence-corrected chi connectivity index (χ3v) is 4.33. The zero-order valence-corrected chi connectivity index (χ0v) is 12.3. The second-order valence-corrected chi connectivity index (χ2v) is 5.69. The van der Waals surface area contributed by atoms with E-state index in [1.54, 1.807) is 0 Å². The predicted molar refractivity (Wildman–Crippen MR) is 77.4 cm³/mol. The highest BCUT2D eigenvalue weighted by Gasteiger charge is 2.45. The highest BCUT2D eigenvalue weighted by Crippen LogP contribution is 2.38. The standard InChI is InChI=1S/C16H23NO2/c1-5-12-6-8-13(9-7-12)17-11-10-14(15(18)19-4)16(17,2)3/h6-9,14H,5,10-11H2,1-4H3. The highest BCUT2D eigenvalue weighted by molar-refractivity contribution is 5.76. The average molecular weight is 261 g/mol. The summed E-state index contributed by atoms with van der Waals surface area (Å²) in [5.74, 6) is -0.152. The summed E-state index contributed by atoms with van der Waals surface area (Å²) in [7, 11) is 1.47. The highest BCUT2D eigenvalue weighted by atomic mass is 16.5. The first-order valence-electron chi connectivity index (χ1n) is 6.95. The summed E-state index contributed by atoms with van der Waals surface area (Å²) in [6.07, 6.45) is 1.91. The van der Waals surface area contributed by atoms with Gasteiger partial charge in [0.05, 0.1) is 13.0 Å². The minimum Gasteiger partial charge on any atom is -0.469 e. The number of nitrogens with zero attached hydrogens (tertiary/aromatic N) is 1. The Hall–Kier alpha value is -1.51. The number of hydrogen-bond acceptors (Lipinski definition) is 3. The monoisotopic (exact) mass is 261 g/mol. The molecule has 1 aromatic carbocycles. The number of benzene rings is 1. The van der Waals surface area contributed by atoms with E-state index in [1.807, 2.05) is 0 Å². The van der Waals surface area contributed by atoms with Crippen LogP contribution in [-0.2, 0) is 16.0 Å². The molecule has 3 nitrogen and oxygen atoms in total. The van der Waals surface area contributed by atoms with Crippen molar-refractivity contribution in [3.8, 4) is 0 Å². The number of rotatable bonds is 3. The number of aryl methyl sites for hydroxylation is 1. The van der Waals surface area contributed by atoms with Gasteiger partial charge in [0, 0.05) is 17.8 Å². The molecule has 2 rings (SSSR count). The lowest BCUT2D eigenvalue weighted by Gasteiger charge is -2.36. The maximum absolute atomic E-state index is 11.9. The number of carbonyl (C=O) groups is 1. The first kappa shape index (κ1) is 13.9. The van der Waals surface area contributed by atoms with Gasteiger partial charge >= 0.3 is 5.97 Å². The Balaban J connectivity index is 2.23. The zero-order chi connectivity index (χ0) is 14.0. The molecule has 0 N–H and O–H groups in total. The smallest absolute Gasteiger partial charge is 0.311 e. The molecule has 1 unspecified atom stereocenters. The molecule has 104 valence electrons. The van der Waals surface area contributed by atoms with Crippen LogP contribution in [0.25, 0.3) is 0 Å². The fourth-order valence-electron chi connectivity index (χ4n) is 3.01. The number of methoxy groups -OCH3 is 1. The molecule has 0 aliphatic carbocycles. The molecule has 1 heterocycles. The lowest BCUT2D eigenvalue weighted by atomic mass is 9.88. The fourth-order valence-corrected chi connectivity index (χ4v) is 3.01. The number of carbonyl (C=O) groups excluding carboxylic acids is 1. The van der Waals surface area contributed by atoms with E-state index in [1.165, 1.54) is 18.4 Å². The van der Waals surface area contributed by atoms with E-state index in [4.69, 9.17) is 4.74 Å². The molecule has 1 aliphatic heterocycles. The van der Waals surface area contributed by atoms with E-state index in [0.717, 1.165) is 19.4 Å². The second kappa shape index (κ2) is 5.24. The normalized spacial score (nSPS) is 21.5. The fraction of sp³-hybridized carbons (Fsp3) is 0.562.